The van der Waals surface area contributed by atoms with Crippen LogP contribution in [0.5, 0.6) is 0 Å². The van der Waals surface area contributed by atoms with Crippen molar-refractivity contribution in [1.82, 2.24) is 4.90 Å². The molecule has 5 heteroatoms. The molecule has 1 aliphatic carbocycles. The number of rotatable bonds is 5. The highest BCUT2D eigenvalue weighted by atomic mass is 19.3. The summed E-state index contributed by atoms with van der Waals surface area (Å²) in [5, 5.41) is 0. The molecule has 20 heavy (non-hydrogen) atoms. The van der Waals surface area contributed by atoms with Crippen molar-refractivity contribution in [1.29, 1.82) is 0 Å². The number of hydrogen-bond donors (Lipinski definition) is 1. The lowest BCUT2D eigenvalue weighted by Crippen LogP contribution is -2.56. The average molecular weight is 283 g/mol. The summed E-state index contributed by atoms with van der Waals surface area (Å²) >= 11 is 0. The van der Waals surface area contributed by atoms with Gasteiger partial charge in [-0.1, -0.05) is 0 Å². The van der Waals surface area contributed by atoms with Crippen molar-refractivity contribution in [3.8, 4) is 0 Å². The Kier molecular flexibility index (Phi) is 4.18. The molecule has 112 valence electrons. The summed E-state index contributed by atoms with van der Waals surface area (Å²) in [7, 11) is 6.00. The van der Waals surface area contributed by atoms with E-state index in [1.54, 1.807) is 12.1 Å². The Labute approximate surface area is 119 Å². The van der Waals surface area contributed by atoms with Crippen LogP contribution in [0.4, 0.5) is 20.2 Å². The van der Waals surface area contributed by atoms with Gasteiger partial charge in [0, 0.05) is 36.1 Å². The molecule has 1 fully saturated rings. The number of nitrogens with zero attached hydrogens (tertiary/aromatic N) is 2. The van der Waals surface area contributed by atoms with Crippen molar-refractivity contribution in [2.45, 2.75) is 31.2 Å². The largest absolute Gasteiger partial charge is 0.399 e. The Morgan fingerprint density at radius 3 is 2.35 bits per heavy atom. The van der Waals surface area contributed by atoms with Gasteiger partial charge in [-0.3, -0.25) is 0 Å². The van der Waals surface area contributed by atoms with Crippen molar-refractivity contribution in [3.05, 3.63) is 23.8 Å². The number of alkyl halides is 2. The fourth-order valence-electron chi connectivity index (χ4n) is 2.95. The van der Waals surface area contributed by atoms with Gasteiger partial charge in [0.2, 0.25) is 0 Å². The van der Waals surface area contributed by atoms with Crippen LogP contribution < -0.4 is 10.6 Å². The molecule has 0 aromatic heterocycles. The predicted molar refractivity (Wildman–Crippen MR) is 79.4 cm³/mol. The molecule has 3 nitrogen and oxygen atoms in total. The molecule has 1 aromatic carbocycles. The van der Waals surface area contributed by atoms with E-state index in [0.29, 0.717) is 11.4 Å². The zero-order valence-corrected chi connectivity index (χ0v) is 12.4. The normalized spacial score (nSPS) is 17.4. The maximum Gasteiger partial charge on any atom is 0.265 e. The molecular weight excluding hydrogens is 260 g/mol. The molecule has 0 unspecified atom stereocenters. The van der Waals surface area contributed by atoms with E-state index in [4.69, 9.17) is 5.73 Å². The zero-order chi connectivity index (χ0) is 14.9. The maximum absolute atomic E-state index is 13.2. The summed E-state index contributed by atoms with van der Waals surface area (Å²) in [6, 6.07) is 4.75. The van der Waals surface area contributed by atoms with Gasteiger partial charge in [-0.15, -0.1) is 0 Å². The Bertz CT molecular complexity index is 470. The van der Waals surface area contributed by atoms with Gasteiger partial charge in [0.1, 0.15) is 0 Å². The predicted octanol–water partition coefficient (Wildman–Crippen LogP) is 3.13. The second kappa shape index (κ2) is 5.56. The van der Waals surface area contributed by atoms with E-state index in [0.717, 1.165) is 19.4 Å². The number of hydrogen-bond acceptors (Lipinski definition) is 3. The highest BCUT2D eigenvalue weighted by Crippen LogP contribution is 2.39. The average Bonchev–Trinajstić information content (AvgIpc) is 2.32. The van der Waals surface area contributed by atoms with E-state index >= 15 is 0 Å². The Hall–Kier alpha value is -1.36. The van der Waals surface area contributed by atoms with Crippen LogP contribution >= 0.6 is 0 Å². The van der Waals surface area contributed by atoms with Crippen molar-refractivity contribution in [3.63, 3.8) is 0 Å². The molecule has 1 saturated carbocycles. The quantitative estimate of drug-likeness (QED) is 0.843. The first-order valence-corrected chi connectivity index (χ1v) is 6.92. The summed E-state index contributed by atoms with van der Waals surface area (Å²) in [4.78, 5) is 4.15. The molecule has 0 spiro atoms. The second-order valence-electron chi connectivity index (χ2n) is 5.95. The fourth-order valence-corrected chi connectivity index (χ4v) is 2.95. The molecular formula is C15H23F2N3. The fraction of sp³-hybridized carbons (Fsp3) is 0.600. The molecule has 0 aliphatic heterocycles. The van der Waals surface area contributed by atoms with E-state index in [9.17, 15) is 8.78 Å². The highest BCUT2D eigenvalue weighted by molar-refractivity contribution is 5.60. The maximum atomic E-state index is 13.2. The van der Waals surface area contributed by atoms with Gasteiger partial charge < -0.3 is 15.5 Å². The van der Waals surface area contributed by atoms with Crippen LogP contribution in [0.25, 0.3) is 0 Å². The van der Waals surface area contributed by atoms with Gasteiger partial charge in [-0.25, -0.2) is 8.78 Å². The Balaban J connectivity index is 2.23. The van der Waals surface area contributed by atoms with Gasteiger partial charge in [-0.2, -0.15) is 0 Å². The van der Waals surface area contributed by atoms with Crippen molar-refractivity contribution < 1.29 is 8.78 Å². The monoisotopic (exact) mass is 283 g/mol. The van der Waals surface area contributed by atoms with E-state index in [-0.39, 0.29) is 11.1 Å². The minimum absolute atomic E-state index is 0.0146. The zero-order valence-electron chi connectivity index (χ0n) is 12.4. The lowest BCUT2D eigenvalue weighted by molar-refractivity contribution is 0.0680. The van der Waals surface area contributed by atoms with Crippen LogP contribution in [0.1, 0.15) is 31.3 Å². The highest BCUT2D eigenvalue weighted by Gasteiger charge is 2.40. The second-order valence-corrected chi connectivity index (χ2v) is 5.95. The Morgan fingerprint density at radius 1 is 1.25 bits per heavy atom. The third kappa shape index (κ3) is 2.73. The molecule has 0 saturated heterocycles. The summed E-state index contributed by atoms with van der Waals surface area (Å²) in [5.74, 6) is 0. The number of nitrogens with two attached hydrogens (primary N) is 1. The van der Waals surface area contributed by atoms with Crippen LogP contribution in [-0.2, 0) is 0 Å². The molecule has 0 radical (unpaired) electrons. The molecule has 2 N–H and O–H groups in total. The smallest absolute Gasteiger partial charge is 0.265 e. The molecule has 1 aliphatic rings. The van der Waals surface area contributed by atoms with Gasteiger partial charge >= 0.3 is 0 Å². The van der Waals surface area contributed by atoms with Crippen molar-refractivity contribution >= 4 is 11.4 Å². The van der Waals surface area contributed by atoms with E-state index in [1.165, 1.54) is 12.5 Å². The molecule has 0 amide bonds. The molecule has 2 rings (SSSR count). The number of nitrogen functional groups attached to an aromatic ring is 1. The van der Waals surface area contributed by atoms with Gasteiger partial charge in [0.25, 0.3) is 6.43 Å². The van der Waals surface area contributed by atoms with Crippen molar-refractivity contribution in [2.75, 3.05) is 38.3 Å². The first-order chi connectivity index (χ1) is 9.35. The van der Waals surface area contributed by atoms with Gasteiger partial charge in [0.05, 0.1) is 0 Å². The number of benzene rings is 1. The van der Waals surface area contributed by atoms with Gasteiger partial charge in [-0.05, 0) is 51.6 Å². The topological polar surface area (TPSA) is 32.5 Å². The lowest BCUT2D eigenvalue weighted by Gasteiger charge is -2.49. The lowest BCUT2D eigenvalue weighted by atomic mass is 9.75. The molecule has 1 aromatic rings. The minimum atomic E-state index is -2.51. The van der Waals surface area contributed by atoms with Crippen LogP contribution in [0.3, 0.4) is 0 Å². The third-order valence-corrected chi connectivity index (χ3v) is 4.46. The van der Waals surface area contributed by atoms with Crippen LogP contribution in [0, 0.1) is 0 Å². The molecule has 0 heterocycles. The van der Waals surface area contributed by atoms with Crippen LogP contribution in [0.2, 0.25) is 0 Å². The van der Waals surface area contributed by atoms with E-state index < -0.39 is 6.43 Å². The molecule has 0 bridgehead atoms. The van der Waals surface area contributed by atoms with Crippen LogP contribution in [0.15, 0.2) is 18.2 Å². The Morgan fingerprint density at radius 2 is 1.90 bits per heavy atom. The standard InChI is InChI=1S/C15H23F2N3/c1-19(2)15(7-4-8-15)10-20(3)13-6-5-11(18)9-12(13)14(16)17/h5-6,9,14H,4,7-8,10,18H2,1-3H3. The summed E-state index contributed by atoms with van der Waals surface area (Å²) in [6.07, 6.45) is 0.926. The van der Waals surface area contributed by atoms with E-state index in [2.05, 4.69) is 19.0 Å². The summed E-state index contributed by atoms with van der Waals surface area (Å²) in [5.41, 5.74) is 6.69. The van der Waals surface area contributed by atoms with Crippen LogP contribution in [-0.4, -0.2) is 38.1 Å². The van der Waals surface area contributed by atoms with Gasteiger partial charge in [0.15, 0.2) is 0 Å². The molecule has 0 atom stereocenters. The summed E-state index contributed by atoms with van der Waals surface area (Å²) in [6.45, 7) is 0.754. The first-order valence-electron chi connectivity index (χ1n) is 6.92. The van der Waals surface area contributed by atoms with E-state index in [1.807, 2.05) is 11.9 Å². The first kappa shape index (κ1) is 15.0. The summed E-state index contributed by atoms with van der Waals surface area (Å²) < 4.78 is 26.3. The number of likely N-dealkylation sites (N-methyl/N-ethyl adjacent to an activating group) is 2. The minimum Gasteiger partial charge on any atom is -0.399 e. The SMILES string of the molecule is CN(CC1(N(C)C)CCC1)c1ccc(N)cc1C(F)F. The van der Waals surface area contributed by atoms with Crippen molar-refractivity contribution in [2.24, 2.45) is 0 Å². The number of halogens is 2. The third-order valence-electron chi connectivity index (χ3n) is 4.46. The number of anilines is 2.